The Morgan fingerprint density at radius 2 is 1.22 bits per heavy atom. The number of hydrogen-bond donors (Lipinski definition) is 0. The second-order valence-electron chi connectivity index (χ2n) is 6.98. The molecule has 2 heterocycles. The first-order chi connectivity index (χ1) is 17.1. The van der Waals surface area contributed by atoms with Gasteiger partial charge in [0.2, 0.25) is 11.8 Å². The Balaban J connectivity index is 0. The third-order valence-electron chi connectivity index (χ3n) is 4.63. The summed E-state index contributed by atoms with van der Waals surface area (Å²) < 4.78 is 17.0. The maximum absolute atomic E-state index is 10.7. The van der Waals surface area contributed by atoms with E-state index in [9.17, 15) is 28.8 Å². The zero-order valence-electron chi connectivity index (χ0n) is 21.8. The van der Waals surface area contributed by atoms with Crippen LogP contribution < -0.4 is 0 Å². The molecule has 0 unspecified atom stereocenters. The summed E-state index contributed by atoms with van der Waals surface area (Å²) in [4.78, 5) is 66.4. The third kappa shape index (κ3) is 17.7. The van der Waals surface area contributed by atoms with Crippen LogP contribution in [-0.2, 0) is 47.7 Å². The number of likely N-dealkylation sites (tertiary alicyclic amines) is 2. The van der Waals surface area contributed by atoms with Gasteiger partial charge in [0.25, 0.3) is 0 Å². The molecule has 12 nitrogen and oxygen atoms in total. The van der Waals surface area contributed by atoms with Crippen molar-refractivity contribution in [3.8, 4) is 0 Å². The highest BCUT2D eigenvalue weighted by atomic mass is 16.5. The molecule has 0 radical (unpaired) electrons. The topological polar surface area (TPSA) is 146 Å². The molecule has 2 amide bonds. The molecule has 0 saturated carbocycles. The van der Waals surface area contributed by atoms with E-state index in [1.165, 1.54) is 28.4 Å². The first-order valence-electron chi connectivity index (χ1n) is 11.3. The highest BCUT2D eigenvalue weighted by Gasteiger charge is 2.17. The Hall–Kier alpha value is -3.70. The smallest absolute Gasteiger partial charge is 0.330 e. The van der Waals surface area contributed by atoms with Crippen molar-refractivity contribution in [3.05, 3.63) is 24.9 Å². The number of carbonyl (C=O) groups is 6. The largest absolute Gasteiger partial charge is 0.469 e. The van der Waals surface area contributed by atoms with Crippen LogP contribution in [0.25, 0.3) is 0 Å². The van der Waals surface area contributed by atoms with E-state index in [0.717, 1.165) is 51.0 Å². The van der Waals surface area contributed by atoms with Gasteiger partial charge in [-0.05, 0) is 26.0 Å². The Kier molecular flexibility index (Phi) is 20.9. The second kappa shape index (κ2) is 21.8. The predicted molar refractivity (Wildman–Crippen MR) is 129 cm³/mol. The summed E-state index contributed by atoms with van der Waals surface area (Å²) in [6.45, 7) is 8.25. The number of rotatable bonds is 7. The number of ether oxygens (including phenoxy) is 4. The van der Waals surface area contributed by atoms with Gasteiger partial charge in [0.15, 0.2) is 0 Å². The summed E-state index contributed by atoms with van der Waals surface area (Å²) in [6.07, 6.45) is 7.27. The molecule has 0 spiro atoms. The Morgan fingerprint density at radius 1 is 0.778 bits per heavy atom. The monoisotopic (exact) mass is 514 g/mol. The molecule has 0 aliphatic carbocycles. The van der Waals surface area contributed by atoms with Crippen LogP contribution in [0.1, 0.15) is 45.4 Å². The van der Waals surface area contributed by atoms with Crippen LogP contribution in [0.15, 0.2) is 24.9 Å². The Bertz CT molecular complexity index is 730. The number of carbonyl (C=O) groups excluding carboxylic acids is 6. The Labute approximate surface area is 212 Å². The molecule has 12 heteroatoms. The van der Waals surface area contributed by atoms with Gasteiger partial charge in [-0.1, -0.05) is 6.58 Å². The first-order valence-corrected chi connectivity index (χ1v) is 11.3. The quantitative estimate of drug-likeness (QED) is 0.277. The molecule has 0 atom stereocenters. The van der Waals surface area contributed by atoms with Gasteiger partial charge in [-0.2, -0.15) is 0 Å². The van der Waals surface area contributed by atoms with Crippen LogP contribution in [0.5, 0.6) is 0 Å². The third-order valence-corrected chi connectivity index (χ3v) is 4.63. The second-order valence-corrected chi connectivity index (χ2v) is 6.98. The first kappa shape index (κ1) is 34.5. The average molecular weight is 515 g/mol. The molecule has 2 aliphatic rings. The van der Waals surface area contributed by atoms with Crippen LogP contribution in [0, 0.1) is 0 Å². The minimum Gasteiger partial charge on any atom is -0.469 e. The fraction of sp³-hybridized carbons (Fsp3) is 0.583. The van der Waals surface area contributed by atoms with Gasteiger partial charge in [-0.3, -0.25) is 19.2 Å². The maximum Gasteiger partial charge on any atom is 0.330 e. The number of nitrogens with zero attached hydrogens (tertiary/aromatic N) is 2. The van der Waals surface area contributed by atoms with E-state index in [4.69, 9.17) is 0 Å². The maximum atomic E-state index is 10.7. The zero-order valence-corrected chi connectivity index (χ0v) is 21.8. The van der Waals surface area contributed by atoms with Crippen molar-refractivity contribution in [2.24, 2.45) is 0 Å². The van der Waals surface area contributed by atoms with Crippen LogP contribution in [0.3, 0.4) is 0 Å². The number of esters is 4. The van der Waals surface area contributed by atoms with Crippen molar-refractivity contribution in [3.63, 3.8) is 0 Å². The van der Waals surface area contributed by atoms with Gasteiger partial charge >= 0.3 is 23.9 Å². The van der Waals surface area contributed by atoms with Crippen LogP contribution in [0.4, 0.5) is 0 Å². The number of amides is 2. The Morgan fingerprint density at radius 3 is 1.44 bits per heavy atom. The van der Waals surface area contributed by atoms with Crippen molar-refractivity contribution in [1.29, 1.82) is 0 Å². The fourth-order valence-corrected chi connectivity index (χ4v) is 2.58. The zero-order chi connectivity index (χ0) is 27.9. The molecule has 36 heavy (non-hydrogen) atoms. The van der Waals surface area contributed by atoms with E-state index in [1.807, 2.05) is 11.8 Å². The van der Waals surface area contributed by atoms with Crippen molar-refractivity contribution in [2.45, 2.75) is 45.4 Å². The van der Waals surface area contributed by atoms with E-state index < -0.39 is 23.9 Å². The highest BCUT2D eigenvalue weighted by Crippen LogP contribution is 2.08. The normalized spacial score (nSPS) is 13.8. The van der Waals surface area contributed by atoms with E-state index >= 15 is 0 Å². The molecule has 2 fully saturated rings. The minimum atomic E-state index is -0.578. The molecule has 0 bridgehead atoms. The van der Waals surface area contributed by atoms with E-state index in [1.54, 1.807) is 11.1 Å². The molecule has 2 rings (SSSR count). The lowest BCUT2D eigenvalue weighted by Crippen LogP contribution is -2.23. The summed E-state index contributed by atoms with van der Waals surface area (Å²) in [5.74, 6) is -1.42. The van der Waals surface area contributed by atoms with Crippen LogP contribution in [-0.4, -0.2) is 93.6 Å². The van der Waals surface area contributed by atoms with E-state index in [2.05, 4.69) is 25.5 Å². The number of methoxy groups -OCH3 is 4. The SMILES string of the molecule is C=CN1CCCC1=O.CCN1CCCC1=O.COC(=O)/C=C\C(=O)OC.COC(=O)CCC(=O)OC. The number of hydrogen-bond acceptors (Lipinski definition) is 10. The van der Waals surface area contributed by atoms with Gasteiger partial charge < -0.3 is 28.7 Å². The van der Waals surface area contributed by atoms with Gasteiger partial charge in [-0.15, -0.1) is 0 Å². The van der Waals surface area contributed by atoms with Crippen LogP contribution in [0.2, 0.25) is 0 Å². The lowest BCUT2D eigenvalue weighted by molar-refractivity contribution is -0.147. The van der Waals surface area contributed by atoms with Gasteiger partial charge in [0.1, 0.15) is 0 Å². The molecular formula is C24H38N2O10. The molecule has 0 aromatic heterocycles. The molecule has 0 aromatic rings. The minimum absolute atomic E-state index is 0.0865. The van der Waals surface area contributed by atoms with Crippen molar-refractivity contribution in [1.82, 2.24) is 9.80 Å². The van der Waals surface area contributed by atoms with Crippen molar-refractivity contribution >= 4 is 35.7 Å². The molecule has 2 aliphatic heterocycles. The standard InChI is InChI=1S/C6H11NO.C6H9NO.C6H10O4.C6H8O4/c2*1-2-7-5-3-4-6(7)8;2*1-9-5(7)3-4-6(8)10-2/h2-5H2,1H3;2H,1,3-5H2;3-4H2,1-2H3;3-4H,1-2H3/b;;;4-3-. The highest BCUT2D eigenvalue weighted by molar-refractivity contribution is 5.91. The molecular weight excluding hydrogens is 476 g/mol. The molecule has 0 N–H and O–H groups in total. The van der Waals surface area contributed by atoms with Crippen LogP contribution >= 0.6 is 0 Å². The van der Waals surface area contributed by atoms with E-state index in [-0.39, 0.29) is 18.7 Å². The van der Waals surface area contributed by atoms with Gasteiger partial charge in [0.05, 0.1) is 41.3 Å². The summed E-state index contributed by atoms with van der Waals surface area (Å²) >= 11 is 0. The van der Waals surface area contributed by atoms with Gasteiger partial charge in [0, 0.05) is 44.6 Å². The molecule has 204 valence electrons. The summed E-state index contributed by atoms with van der Waals surface area (Å²) in [5, 5.41) is 0. The summed E-state index contributed by atoms with van der Waals surface area (Å²) in [5.41, 5.74) is 0. The fourth-order valence-electron chi connectivity index (χ4n) is 2.58. The summed E-state index contributed by atoms with van der Waals surface area (Å²) in [7, 11) is 5.01. The van der Waals surface area contributed by atoms with E-state index in [0.29, 0.717) is 12.3 Å². The van der Waals surface area contributed by atoms with Crippen molar-refractivity contribution < 1.29 is 47.7 Å². The predicted octanol–water partition coefficient (Wildman–Crippen LogP) is 1.38. The lowest BCUT2D eigenvalue weighted by Gasteiger charge is -2.10. The average Bonchev–Trinajstić information content (AvgIpc) is 3.52. The summed E-state index contributed by atoms with van der Waals surface area (Å²) in [6, 6.07) is 0. The molecule has 0 aromatic carbocycles. The molecule has 2 saturated heterocycles. The lowest BCUT2D eigenvalue weighted by atomic mass is 10.3. The van der Waals surface area contributed by atoms with Crippen molar-refractivity contribution in [2.75, 3.05) is 48.1 Å². The van der Waals surface area contributed by atoms with Gasteiger partial charge in [-0.25, -0.2) is 9.59 Å².